The van der Waals surface area contributed by atoms with E-state index in [1.807, 2.05) is 0 Å². The summed E-state index contributed by atoms with van der Waals surface area (Å²) in [5.41, 5.74) is 0.439. The molecule has 0 spiro atoms. The molecule has 2 heterocycles. The SMILES string of the molecule is CC1CCN(C(=O)CN2C(=O)C(C)N(c3ccc(F)cc3)C2=O)CC1. The lowest BCUT2D eigenvalue weighted by Crippen LogP contribution is -2.46. The molecule has 25 heavy (non-hydrogen) atoms. The Balaban J connectivity index is 1.72. The highest BCUT2D eigenvalue weighted by molar-refractivity contribution is 6.15. The zero-order valence-electron chi connectivity index (χ0n) is 14.4. The Morgan fingerprint density at radius 3 is 2.32 bits per heavy atom. The second-order valence-electron chi connectivity index (χ2n) is 6.79. The van der Waals surface area contributed by atoms with E-state index in [9.17, 15) is 18.8 Å². The average molecular weight is 347 g/mol. The van der Waals surface area contributed by atoms with E-state index in [1.165, 1.54) is 29.2 Å². The molecule has 6 nitrogen and oxygen atoms in total. The van der Waals surface area contributed by atoms with Crippen LogP contribution in [0.5, 0.6) is 0 Å². The van der Waals surface area contributed by atoms with Crippen LogP contribution in [-0.4, -0.2) is 53.3 Å². The van der Waals surface area contributed by atoms with Gasteiger partial charge in [-0.25, -0.2) is 9.18 Å². The van der Waals surface area contributed by atoms with Gasteiger partial charge < -0.3 is 4.90 Å². The number of carbonyl (C=O) groups is 3. The lowest BCUT2D eigenvalue weighted by atomic mass is 9.99. The van der Waals surface area contributed by atoms with Crippen molar-refractivity contribution in [2.75, 3.05) is 24.5 Å². The largest absolute Gasteiger partial charge is 0.341 e. The maximum atomic E-state index is 13.1. The number of benzene rings is 1. The van der Waals surface area contributed by atoms with Gasteiger partial charge >= 0.3 is 6.03 Å². The number of imide groups is 1. The van der Waals surface area contributed by atoms with Crippen molar-refractivity contribution in [3.63, 3.8) is 0 Å². The zero-order valence-corrected chi connectivity index (χ0v) is 14.4. The molecular formula is C18H22FN3O3. The molecule has 7 heteroatoms. The number of amides is 4. The number of rotatable bonds is 3. The molecule has 0 bridgehead atoms. The molecule has 2 aliphatic heterocycles. The van der Waals surface area contributed by atoms with Gasteiger partial charge in [0.15, 0.2) is 0 Å². The van der Waals surface area contributed by atoms with Crippen molar-refractivity contribution >= 4 is 23.5 Å². The predicted molar refractivity (Wildman–Crippen MR) is 90.4 cm³/mol. The van der Waals surface area contributed by atoms with Crippen LogP contribution in [0.3, 0.4) is 0 Å². The number of nitrogens with zero attached hydrogens (tertiary/aromatic N) is 3. The first-order valence-electron chi connectivity index (χ1n) is 8.56. The van der Waals surface area contributed by atoms with Crippen molar-refractivity contribution in [1.82, 2.24) is 9.80 Å². The average Bonchev–Trinajstić information content (AvgIpc) is 2.80. The minimum atomic E-state index is -0.716. The highest BCUT2D eigenvalue weighted by Crippen LogP contribution is 2.26. The van der Waals surface area contributed by atoms with Gasteiger partial charge in [0.2, 0.25) is 5.91 Å². The lowest BCUT2D eigenvalue weighted by molar-refractivity contribution is -0.138. The minimum absolute atomic E-state index is 0.207. The summed E-state index contributed by atoms with van der Waals surface area (Å²) >= 11 is 0. The number of urea groups is 1. The van der Waals surface area contributed by atoms with E-state index in [2.05, 4.69) is 6.92 Å². The second kappa shape index (κ2) is 6.82. The molecule has 134 valence electrons. The number of hydrogen-bond donors (Lipinski definition) is 0. The quantitative estimate of drug-likeness (QED) is 0.788. The maximum absolute atomic E-state index is 13.1. The first kappa shape index (κ1) is 17.4. The van der Waals surface area contributed by atoms with Crippen LogP contribution in [0.2, 0.25) is 0 Å². The van der Waals surface area contributed by atoms with E-state index in [0.717, 1.165) is 17.7 Å². The van der Waals surface area contributed by atoms with Crippen molar-refractivity contribution < 1.29 is 18.8 Å². The summed E-state index contributed by atoms with van der Waals surface area (Å²) in [6.45, 7) is 4.84. The molecule has 1 unspecified atom stereocenters. The van der Waals surface area contributed by atoms with Gasteiger partial charge in [0, 0.05) is 18.8 Å². The van der Waals surface area contributed by atoms with Crippen LogP contribution in [0.4, 0.5) is 14.9 Å². The van der Waals surface area contributed by atoms with Crippen LogP contribution in [-0.2, 0) is 9.59 Å². The first-order chi connectivity index (χ1) is 11.9. The van der Waals surface area contributed by atoms with E-state index in [1.54, 1.807) is 11.8 Å². The Hall–Kier alpha value is -2.44. The molecule has 0 aliphatic carbocycles. The lowest BCUT2D eigenvalue weighted by Gasteiger charge is -2.31. The highest BCUT2D eigenvalue weighted by atomic mass is 19.1. The van der Waals surface area contributed by atoms with Crippen molar-refractivity contribution in [2.45, 2.75) is 32.7 Å². The topological polar surface area (TPSA) is 60.9 Å². The standard InChI is InChI=1S/C18H22FN3O3/c1-12-7-9-20(10-8-12)16(23)11-21-17(24)13(2)22(18(21)25)15-5-3-14(19)4-6-15/h3-6,12-13H,7-11H2,1-2H3. The van der Waals surface area contributed by atoms with Crippen LogP contribution in [0.1, 0.15) is 26.7 Å². The molecule has 0 N–H and O–H groups in total. The van der Waals surface area contributed by atoms with Gasteiger partial charge in [-0.15, -0.1) is 0 Å². The number of halogens is 1. The maximum Gasteiger partial charge on any atom is 0.332 e. The number of likely N-dealkylation sites (tertiary alicyclic amines) is 1. The fourth-order valence-electron chi connectivity index (χ4n) is 3.30. The molecule has 0 saturated carbocycles. The van der Waals surface area contributed by atoms with Crippen LogP contribution in [0, 0.1) is 11.7 Å². The van der Waals surface area contributed by atoms with E-state index >= 15 is 0 Å². The van der Waals surface area contributed by atoms with Crippen LogP contribution < -0.4 is 4.90 Å². The minimum Gasteiger partial charge on any atom is -0.341 e. The molecular weight excluding hydrogens is 325 g/mol. The van der Waals surface area contributed by atoms with Crippen molar-refractivity contribution in [3.8, 4) is 0 Å². The molecule has 3 rings (SSSR count). The zero-order chi connectivity index (χ0) is 18.1. The molecule has 1 aromatic carbocycles. The van der Waals surface area contributed by atoms with E-state index < -0.39 is 23.8 Å². The Bertz CT molecular complexity index is 683. The molecule has 0 radical (unpaired) electrons. The summed E-state index contributed by atoms with van der Waals surface area (Å²) in [5.74, 6) is -0.441. The van der Waals surface area contributed by atoms with Gasteiger partial charge in [-0.1, -0.05) is 6.92 Å². The highest BCUT2D eigenvalue weighted by Gasteiger charge is 2.44. The Kier molecular flexibility index (Phi) is 4.74. The van der Waals surface area contributed by atoms with Gasteiger partial charge in [0.1, 0.15) is 18.4 Å². The van der Waals surface area contributed by atoms with Gasteiger partial charge in [0.05, 0.1) is 0 Å². The molecule has 2 aliphatic rings. The fourth-order valence-corrected chi connectivity index (χ4v) is 3.30. The monoisotopic (exact) mass is 347 g/mol. The third kappa shape index (κ3) is 3.36. The molecule has 2 saturated heterocycles. The van der Waals surface area contributed by atoms with Crippen LogP contribution in [0.25, 0.3) is 0 Å². The van der Waals surface area contributed by atoms with Crippen molar-refractivity contribution in [2.24, 2.45) is 5.92 Å². The van der Waals surface area contributed by atoms with Crippen LogP contribution >= 0.6 is 0 Å². The third-order valence-corrected chi connectivity index (χ3v) is 4.98. The Morgan fingerprint density at radius 1 is 1.12 bits per heavy atom. The van der Waals surface area contributed by atoms with E-state index in [0.29, 0.717) is 24.7 Å². The molecule has 1 atom stereocenters. The number of carbonyl (C=O) groups excluding carboxylic acids is 3. The fraction of sp³-hybridized carbons (Fsp3) is 0.500. The van der Waals surface area contributed by atoms with Crippen molar-refractivity contribution in [1.29, 1.82) is 0 Å². The van der Waals surface area contributed by atoms with E-state index in [-0.39, 0.29) is 12.5 Å². The van der Waals surface area contributed by atoms with Gasteiger partial charge in [-0.3, -0.25) is 19.4 Å². The third-order valence-electron chi connectivity index (χ3n) is 4.98. The summed E-state index contributed by atoms with van der Waals surface area (Å²) in [7, 11) is 0. The number of anilines is 1. The molecule has 1 aromatic rings. The Labute approximate surface area is 146 Å². The normalized spacial score (nSPS) is 22.0. The summed E-state index contributed by atoms with van der Waals surface area (Å²) < 4.78 is 13.1. The Morgan fingerprint density at radius 2 is 1.72 bits per heavy atom. The summed E-state index contributed by atoms with van der Waals surface area (Å²) in [6.07, 6.45) is 1.87. The second-order valence-corrected chi connectivity index (χ2v) is 6.79. The van der Waals surface area contributed by atoms with Gasteiger partial charge in [-0.2, -0.15) is 0 Å². The smallest absolute Gasteiger partial charge is 0.332 e. The molecule has 0 aromatic heterocycles. The van der Waals surface area contributed by atoms with Crippen LogP contribution in [0.15, 0.2) is 24.3 Å². The van der Waals surface area contributed by atoms with Gasteiger partial charge in [0.25, 0.3) is 5.91 Å². The molecule has 2 fully saturated rings. The predicted octanol–water partition coefficient (Wildman–Crippen LogP) is 2.24. The first-order valence-corrected chi connectivity index (χ1v) is 8.56. The summed E-state index contributed by atoms with van der Waals surface area (Å²) in [4.78, 5) is 41.6. The van der Waals surface area contributed by atoms with Gasteiger partial charge in [-0.05, 0) is 49.9 Å². The number of piperidine rings is 1. The summed E-state index contributed by atoms with van der Waals surface area (Å²) in [5, 5.41) is 0. The number of hydrogen-bond acceptors (Lipinski definition) is 3. The van der Waals surface area contributed by atoms with Crippen molar-refractivity contribution in [3.05, 3.63) is 30.1 Å². The summed E-state index contributed by atoms with van der Waals surface area (Å²) in [6, 6.07) is 4.13. The van der Waals surface area contributed by atoms with E-state index in [4.69, 9.17) is 0 Å². The molecule has 4 amide bonds.